The summed E-state index contributed by atoms with van der Waals surface area (Å²) in [5, 5.41) is 17.5. The van der Waals surface area contributed by atoms with Crippen molar-refractivity contribution < 1.29 is 24.6 Å². The number of ketones is 1. The standard InChI is InChI=1S/C7H8O5S/c8-4-1-2-7(5(9)10,6(11)12)13-3-4/h1-3H2,(H,9,10)(H,11,12). The van der Waals surface area contributed by atoms with Crippen LogP contribution in [-0.4, -0.2) is 38.4 Å². The number of carboxylic acid groups (broad SMARTS) is 2. The molecule has 1 fully saturated rings. The molecule has 72 valence electrons. The van der Waals surface area contributed by atoms with E-state index in [1.807, 2.05) is 0 Å². The molecule has 0 amide bonds. The topological polar surface area (TPSA) is 91.7 Å². The fourth-order valence-corrected chi connectivity index (χ4v) is 2.14. The molecule has 0 aromatic rings. The third-order valence-corrected chi connectivity index (χ3v) is 3.44. The Hall–Kier alpha value is -1.04. The minimum Gasteiger partial charge on any atom is -0.480 e. The lowest BCUT2D eigenvalue weighted by Gasteiger charge is -2.27. The summed E-state index contributed by atoms with van der Waals surface area (Å²) in [4.78, 5) is 32.2. The Bertz CT molecular complexity index is 246. The molecule has 0 aromatic heterocycles. The second kappa shape index (κ2) is 3.37. The number of carbonyl (C=O) groups excluding carboxylic acids is 1. The van der Waals surface area contributed by atoms with Crippen LogP contribution < -0.4 is 0 Å². The van der Waals surface area contributed by atoms with Crippen LogP contribution in [0.2, 0.25) is 0 Å². The second-order valence-electron chi connectivity index (χ2n) is 2.76. The maximum atomic E-state index is 10.8. The Morgan fingerprint density at radius 3 is 2.15 bits per heavy atom. The van der Waals surface area contributed by atoms with Crippen LogP contribution in [0.3, 0.4) is 0 Å². The minimum atomic E-state index is -1.81. The van der Waals surface area contributed by atoms with E-state index in [4.69, 9.17) is 10.2 Å². The number of thioether (sulfide) groups is 1. The Labute approximate surface area is 78.1 Å². The van der Waals surface area contributed by atoms with Crippen molar-refractivity contribution in [3.8, 4) is 0 Å². The van der Waals surface area contributed by atoms with Gasteiger partial charge in [-0.1, -0.05) is 0 Å². The summed E-state index contributed by atoms with van der Waals surface area (Å²) in [5.74, 6) is -2.88. The summed E-state index contributed by atoms with van der Waals surface area (Å²) in [7, 11) is 0. The predicted octanol–water partition coefficient (Wildman–Crippen LogP) is -0.00950. The molecule has 5 nitrogen and oxygen atoms in total. The van der Waals surface area contributed by atoms with Crippen LogP contribution in [-0.2, 0) is 14.4 Å². The lowest BCUT2D eigenvalue weighted by Crippen LogP contribution is -2.46. The van der Waals surface area contributed by atoms with Crippen molar-refractivity contribution in [1.82, 2.24) is 0 Å². The van der Waals surface area contributed by atoms with Gasteiger partial charge < -0.3 is 10.2 Å². The molecule has 1 aliphatic heterocycles. The number of Topliss-reactive ketones (excluding diaryl/α,β-unsaturated/α-hetero) is 1. The summed E-state index contributed by atoms with van der Waals surface area (Å²) in [6, 6.07) is 0. The maximum Gasteiger partial charge on any atom is 0.331 e. The predicted molar refractivity (Wildman–Crippen MR) is 44.7 cm³/mol. The van der Waals surface area contributed by atoms with Crippen molar-refractivity contribution in [3.63, 3.8) is 0 Å². The maximum absolute atomic E-state index is 10.8. The molecule has 0 unspecified atom stereocenters. The zero-order chi connectivity index (χ0) is 10.1. The van der Waals surface area contributed by atoms with E-state index in [0.717, 1.165) is 0 Å². The zero-order valence-corrected chi connectivity index (χ0v) is 7.47. The molecule has 0 spiro atoms. The smallest absolute Gasteiger partial charge is 0.331 e. The lowest BCUT2D eigenvalue weighted by molar-refractivity contribution is -0.152. The normalized spacial score (nSPS) is 21.1. The van der Waals surface area contributed by atoms with Crippen LogP contribution in [0.4, 0.5) is 0 Å². The van der Waals surface area contributed by atoms with E-state index in [9.17, 15) is 14.4 Å². The van der Waals surface area contributed by atoms with Crippen molar-refractivity contribution in [2.24, 2.45) is 0 Å². The molecule has 13 heavy (non-hydrogen) atoms. The van der Waals surface area contributed by atoms with Crippen LogP contribution in [0, 0.1) is 0 Å². The molecule has 0 aromatic carbocycles. The molecule has 0 bridgehead atoms. The van der Waals surface area contributed by atoms with Gasteiger partial charge >= 0.3 is 11.9 Å². The summed E-state index contributed by atoms with van der Waals surface area (Å²) in [6.07, 6.45) is -0.0905. The van der Waals surface area contributed by atoms with Crippen LogP contribution in [0.1, 0.15) is 12.8 Å². The molecule has 1 heterocycles. The SMILES string of the molecule is O=C1CCC(C(=O)O)(C(=O)O)SC1. The van der Waals surface area contributed by atoms with Gasteiger partial charge in [-0.05, 0) is 6.42 Å². The summed E-state index contributed by atoms with van der Waals surface area (Å²) in [6.45, 7) is 0. The Kier molecular flexibility index (Phi) is 2.60. The molecule has 6 heteroatoms. The first kappa shape index (κ1) is 10.0. The third kappa shape index (κ3) is 1.67. The van der Waals surface area contributed by atoms with Gasteiger partial charge in [0.1, 0.15) is 5.78 Å². The number of aliphatic carboxylic acids is 2. The van der Waals surface area contributed by atoms with Crippen LogP contribution in [0.25, 0.3) is 0 Å². The first-order valence-corrected chi connectivity index (χ1v) is 4.60. The molecule has 1 rings (SSSR count). The zero-order valence-electron chi connectivity index (χ0n) is 6.65. The number of hydrogen-bond donors (Lipinski definition) is 2. The highest BCUT2D eigenvalue weighted by Gasteiger charge is 2.49. The molecule has 0 aliphatic carbocycles. The summed E-state index contributed by atoms with van der Waals surface area (Å²) < 4.78 is -1.81. The van der Waals surface area contributed by atoms with E-state index >= 15 is 0 Å². The van der Waals surface area contributed by atoms with Crippen molar-refractivity contribution >= 4 is 29.5 Å². The number of carboxylic acids is 2. The van der Waals surface area contributed by atoms with Gasteiger partial charge in [-0.2, -0.15) is 0 Å². The minimum absolute atomic E-state index is 0.0292. The summed E-state index contributed by atoms with van der Waals surface area (Å²) >= 11 is 0.686. The Balaban J connectivity index is 2.87. The molecular formula is C7H8O5S. The van der Waals surface area contributed by atoms with Crippen molar-refractivity contribution in [2.45, 2.75) is 17.6 Å². The van der Waals surface area contributed by atoms with Gasteiger partial charge in [0.25, 0.3) is 0 Å². The van der Waals surface area contributed by atoms with Gasteiger partial charge in [0.2, 0.25) is 4.75 Å². The Morgan fingerprint density at radius 1 is 1.31 bits per heavy atom. The third-order valence-electron chi connectivity index (χ3n) is 1.93. The first-order chi connectivity index (χ1) is 5.99. The molecule has 1 aliphatic rings. The highest BCUT2D eigenvalue weighted by Crippen LogP contribution is 2.35. The van der Waals surface area contributed by atoms with Crippen molar-refractivity contribution in [3.05, 3.63) is 0 Å². The Morgan fingerprint density at radius 2 is 1.85 bits per heavy atom. The van der Waals surface area contributed by atoms with Gasteiger partial charge in [-0.25, -0.2) is 0 Å². The van der Waals surface area contributed by atoms with E-state index in [1.165, 1.54) is 0 Å². The largest absolute Gasteiger partial charge is 0.480 e. The van der Waals surface area contributed by atoms with E-state index in [2.05, 4.69) is 0 Å². The van der Waals surface area contributed by atoms with Crippen LogP contribution in [0.15, 0.2) is 0 Å². The fraction of sp³-hybridized carbons (Fsp3) is 0.571. The molecule has 1 saturated heterocycles. The van der Waals surface area contributed by atoms with Crippen LogP contribution in [0.5, 0.6) is 0 Å². The average molecular weight is 204 g/mol. The molecular weight excluding hydrogens is 196 g/mol. The molecule has 0 radical (unpaired) electrons. The van der Waals surface area contributed by atoms with Crippen molar-refractivity contribution in [1.29, 1.82) is 0 Å². The van der Waals surface area contributed by atoms with Gasteiger partial charge in [0, 0.05) is 6.42 Å². The van der Waals surface area contributed by atoms with E-state index < -0.39 is 16.7 Å². The first-order valence-electron chi connectivity index (χ1n) is 3.61. The fourth-order valence-electron chi connectivity index (χ4n) is 1.09. The molecule has 0 saturated carbocycles. The van der Waals surface area contributed by atoms with Gasteiger partial charge in [-0.15, -0.1) is 11.8 Å². The second-order valence-corrected chi connectivity index (χ2v) is 4.04. The molecule has 0 atom stereocenters. The number of carbonyl (C=O) groups is 3. The molecule has 2 N–H and O–H groups in total. The lowest BCUT2D eigenvalue weighted by atomic mass is 10.0. The highest BCUT2D eigenvalue weighted by atomic mass is 32.2. The van der Waals surface area contributed by atoms with E-state index in [1.54, 1.807) is 0 Å². The number of rotatable bonds is 2. The average Bonchev–Trinajstić information content (AvgIpc) is 2.04. The van der Waals surface area contributed by atoms with Crippen molar-refractivity contribution in [2.75, 3.05) is 5.75 Å². The summed E-state index contributed by atoms with van der Waals surface area (Å²) in [5.41, 5.74) is 0. The monoisotopic (exact) mass is 204 g/mol. The quantitative estimate of drug-likeness (QED) is 0.615. The number of hydrogen-bond acceptors (Lipinski definition) is 4. The highest BCUT2D eigenvalue weighted by molar-refractivity contribution is 8.02. The van der Waals surface area contributed by atoms with Gasteiger partial charge in [0.15, 0.2) is 0 Å². The van der Waals surface area contributed by atoms with E-state index in [-0.39, 0.29) is 24.4 Å². The van der Waals surface area contributed by atoms with Crippen LogP contribution >= 0.6 is 11.8 Å². The van der Waals surface area contributed by atoms with Gasteiger partial charge in [0.05, 0.1) is 5.75 Å². The van der Waals surface area contributed by atoms with E-state index in [0.29, 0.717) is 11.8 Å². The van der Waals surface area contributed by atoms with Gasteiger partial charge in [-0.3, -0.25) is 14.4 Å².